The van der Waals surface area contributed by atoms with Crippen LogP contribution in [-0.2, 0) is 6.54 Å². The summed E-state index contributed by atoms with van der Waals surface area (Å²) in [6, 6.07) is 8.14. The molecule has 0 aliphatic rings. The standard InChI is InChI=1S/C13H10ClF2NO/c14-10-3-1-2-8(13(10)18)7-17-12-5-4-9(15)6-11(12)16/h1-6,17-18H,7H2. The number of hydrogen-bond acceptors (Lipinski definition) is 2. The highest BCUT2D eigenvalue weighted by molar-refractivity contribution is 6.32. The average molecular weight is 270 g/mol. The molecule has 0 spiro atoms. The molecule has 0 bridgehead atoms. The Balaban J connectivity index is 2.14. The SMILES string of the molecule is Oc1c(Cl)cccc1CNc1ccc(F)cc1F. The van der Waals surface area contributed by atoms with Crippen LogP contribution in [0.25, 0.3) is 0 Å². The zero-order chi connectivity index (χ0) is 13.1. The molecule has 2 rings (SSSR count). The second kappa shape index (κ2) is 5.23. The van der Waals surface area contributed by atoms with E-state index in [1.807, 2.05) is 0 Å². The van der Waals surface area contributed by atoms with Crippen molar-refractivity contribution in [3.8, 4) is 5.75 Å². The van der Waals surface area contributed by atoms with Crippen molar-refractivity contribution in [2.45, 2.75) is 6.54 Å². The molecule has 0 aliphatic carbocycles. The van der Waals surface area contributed by atoms with Crippen LogP contribution in [0.3, 0.4) is 0 Å². The molecule has 0 radical (unpaired) electrons. The average Bonchev–Trinajstić information content (AvgIpc) is 2.33. The molecule has 2 aromatic carbocycles. The van der Waals surface area contributed by atoms with Gasteiger partial charge in [0.15, 0.2) is 0 Å². The fourth-order valence-electron chi connectivity index (χ4n) is 1.53. The van der Waals surface area contributed by atoms with E-state index in [1.165, 1.54) is 6.07 Å². The third-order valence-electron chi connectivity index (χ3n) is 2.47. The molecule has 0 aliphatic heterocycles. The maximum atomic E-state index is 13.3. The first kappa shape index (κ1) is 12.6. The van der Waals surface area contributed by atoms with Gasteiger partial charge in [-0.15, -0.1) is 0 Å². The lowest BCUT2D eigenvalue weighted by atomic mass is 10.2. The molecule has 0 unspecified atom stereocenters. The van der Waals surface area contributed by atoms with Crippen molar-refractivity contribution in [2.75, 3.05) is 5.32 Å². The summed E-state index contributed by atoms with van der Waals surface area (Å²) in [5, 5.41) is 12.7. The van der Waals surface area contributed by atoms with E-state index in [9.17, 15) is 13.9 Å². The first-order valence-electron chi connectivity index (χ1n) is 5.23. The summed E-state index contributed by atoms with van der Waals surface area (Å²) in [6.45, 7) is 0.189. The number of phenolic OH excluding ortho intramolecular Hbond substituents is 1. The van der Waals surface area contributed by atoms with E-state index in [1.54, 1.807) is 18.2 Å². The van der Waals surface area contributed by atoms with Crippen LogP contribution in [-0.4, -0.2) is 5.11 Å². The summed E-state index contributed by atoms with van der Waals surface area (Å²) in [6.07, 6.45) is 0. The molecule has 0 heterocycles. The van der Waals surface area contributed by atoms with Gasteiger partial charge >= 0.3 is 0 Å². The van der Waals surface area contributed by atoms with E-state index in [0.29, 0.717) is 5.56 Å². The number of benzene rings is 2. The molecule has 5 heteroatoms. The van der Waals surface area contributed by atoms with Crippen molar-refractivity contribution in [1.29, 1.82) is 0 Å². The summed E-state index contributed by atoms with van der Waals surface area (Å²) in [7, 11) is 0. The van der Waals surface area contributed by atoms with Crippen molar-refractivity contribution in [2.24, 2.45) is 0 Å². The summed E-state index contributed by atoms with van der Waals surface area (Å²) in [5.74, 6) is -1.37. The van der Waals surface area contributed by atoms with Gasteiger partial charge in [-0.05, 0) is 18.2 Å². The summed E-state index contributed by atoms with van der Waals surface area (Å²) in [4.78, 5) is 0. The molecule has 2 nitrogen and oxygen atoms in total. The van der Waals surface area contributed by atoms with Crippen LogP contribution in [0.5, 0.6) is 5.75 Å². The number of hydrogen-bond donors (Lipinski definition) is 2. The number of phenols is 1. The van der Waals surface area contributed by atoms with E-state index in [2.05, 4.69) is 5.32 Å². The number of rotatable bonds is 3. The smallest absolute Gasteiger partial charge is 0.149 e. The van der Waals surface area contributed by atoms with Crippen LogP contribution in [0.15, 0.2) is 36.4 Å². The van der Waals surface area contributed by atoms with Crippen molar-refractivity contribution in [1.82, 2.24) is 0 Å². The Bertz CT molecular complexity index is 575. The van der Waals surface area contributed by atoms with Gasteiger partial charge in [-0.25, -0.2) is 8.78 Å². The maximum absolute atomic E-state index is 13.3. The lowest BCUT2D eigenvalue weighted by molar-refractivity contribution is 0.469. The molecular weight excluding hydrogens is 260 g/mol. The molecule has 2 aromatic rings. The van der Waals surface area contributed by atoms with E-state index in [0.717, 1.165) is 12.1 Å². The lowest BCUT2D eigenvalue weighted by Gasteiger charge is -2.09. The van der Waals surface area contributed by atoms with Crippen molar-refractivity contribution >= 4 is 17.3 Å². The molecule has 94 valence electrons. The third kappa shape index (κ3) is 2.71. The second-order valence-corrected chi connectivity index (χ2v) is 4.13. The summed E-state index contributed by atoms with van der Waals surface area (Å²) in [5.41, 5.74) is 0.696. The number of aromatic hydroxyl groups is 1. The van der Waals surface area contributed by atoms with Gasteiger partial charge in [0.05, 0.1) is 10.7 Å². The third-order valence-corrected chi connectivity index (χ3v) is 2.78. The Hall–Kier alpha value is -1.81. The van der Waals surface area contributed by atoms with E-state index in [4.69, 9.17) is 11.6 Å². The van der Waals surface area contributed by atoms with Crippen LogP contribution in [0, 0.1) is 11.6 Å². The second-order valence-electron chi connectivity index (χ2n) is 3.73. The van der Waals surface area contributed by atoms with Gasteiger partial charge in [-0.1, -0.05) is 23.7 Å². The van der Waals surface area contributed by atoms with Gasteiger partial charge in [0.25, 0.3) is 0 Å². The molecule has 2 N–H and O–H groups in total. The lowest BCUT2D eigenvalue weighted by Crippen LogP contribution is -2.02. The fourth-order valence-corrected chi connectivity index (χ4v) is 1.72. The molecule has 0 atom stereocenters. The summed E-state index contributed by atoms with van der Waals surface area (Å²) >= 11 is 5.75. The fraction of sp³-hybridized carbons (Fsp3) is 0.0769. The molecule has 0 fully saturated rings. The topological polar surface area (TPSA) is 32.3 Å². The number of para-hydroxylation sites is 1. The maximum Gasteiger partial charge on any atom is 0.149 e. The molecule has 0 saturated heterocycles. The minimum atomic E-state index is -0.684. The van der Waals surface area contributed by atoms with Gasteiger partial charge in [0.1, 0.15) is 17.4 Å². The zero-order valence-corrected chi connectivity index (χ0v) is 10.0. The number of anilines is 1. The van der Waals surface area contributed by atoms with Crippen molar-refractivity contribution < 1.29 is 13.9 Å². The Morgan fingerprint density at radius 1 is 1.17 bits per heavy atom. The molecule has 0 amide bonds. The Morgan fingerprint density at radius 3 is 2.67 bits per heavy atom. The van der Waals surface area contributed by atoms with Crippen LogP contribution < -0.4 is 5.32 Å². The molecular formula is C13H10ClF2NO. The van der Waals surface area contributed by atoms with Gasteiger partial charge in [-0.3, -0.25) is 0 Å². The molecule has 0 aromatic heterocycles. The first-order chi connectivity index (χ1) is 8.58. The first-order valence-corrected chi connectivity index (χ1v) is 5.61. The predicted octanol–water partition coefficient (Wildman–Crippen LogP) is 3.94. The Morgan fingerprint density at radius 2 is 1.94 bits per heavy atom. The van der Waals surface area contributed by atoms with E-state index < -0.39 is 11.6 Å². The van der Waals surface area contributed by atoms with Gasteiger partial charge in [0.2, 0.25) is 0 Å². The van der Waals surface area contributed by atoms with Gasteiger partial charge in [-0.2, -0.15) is 0 Å². The summed E-state index contributed by atoms with van der Waals surface area (Å²) < 4.78 is 26.0. The monoisotopic (exact) mass is 269 g/mol. The van der Waals surface area contributed by atoms with E-state index >= 15 is 0 Å². The normalized spacial score (nSPS) is 10.4. The minimum absolute atomic E-state index is 0.0470. The quantitative estimate of drug-likeness (QED) is 0.885. The predicted molar refractivity (Wildman–Crippen MR) is 66.8 cm³/mol. The van der Waals surface area contributed by atoms with Gasteiger partial charge in [0, 0.05) is 18.2 Å². The number of nitrogens with one attached hydrogen (secondary N) is 1. The van der Waals surface area contributed by atoms with Crippen LogP contribution >= 0.6 is 11.6 Å². The molecule has 0 saturated carbocycles. The molecule has 18 heavy (non-hydrogen) atoms. The van der Waals surface area contributed by atoms with Crippen LogP contribution in [0.2, 0.25) is 5.02 Å². The number of halogens is 3. The highest BCUT2D eigenvalue weighted by Gasteiger charge is 2.07. The van der Waals surface area contributed by atoms with Crippen LogP contribution in [0.1, 0.15) is 5.56 Å². The zero-order valence-electron chi connectivity index (χ0n) is 9.25. The van der Waals surface area contributed by atoms with Crippen LogP contribution in [0.4, 0.5) is 14.5 Å². The van der Waals surface area contributed by atoms with Crippen molar-refractivity contribution in [3.63, 3.8) is 0 Å². The minimum Gasteiger partial charge on any atom is -0.506 e. The van der Waals surface area contributed by atoms with Gasteiger partial charge < -0.3 is 10.4 Å². The highest BCUT2D eigenvalue weighted by Crippen LogP contribution is 2.27. The Labute approximate surface area is 108 Å². The van der Waals surface area contributed by atoms with E-state index in [-0.39, 0.29) is 23.0 Å². The highest BCUT2D eigenvalue weighted by atomic mass is 35.5. The van der Waals surface area contributed by atoms with Crippen molar-refractivity contribution in [3.05, 3.63) is 58.6 Å². The Kier molecular flexibility index (Phi) is 3.67. The largest absolute Gasteiger partial charge is 0.506 e.